The lowest BCUT2D eigenvalue weighted by molar-refractivity contribution is -0.130. The number of carbonyl (C=O) groups excluding carboxylic acids is 2. The highest BCUT2D eigenvalue weighted by Crippen LogP contribution is 2.13. The number of halogens is 1. The van der Waals surface area contributed by atoms with Crippen LogP contribution in [0.3, 0.4) is 0 Å². The molecule has 0 bridgehead atoms. The molecule has 0 spiro atoms. The average Bonchev–Trinajstić information content (AvgIpc) is 2.66. The van der Waals surface area contributed by atoms with Crippen LogP contribution < -0.4 is 10.1 Å². The Morgan fingerprint density at radius 3 is 2.63 bits per heavy atom. The Morgan fingerprint density at radius 2 is 1.93 bits per heavy atom. The normalized spacial score (nSPS) is 10.3. The Labute approximate surface area is 159 Å². The highest BCUT2D eigenvalue weighted by Gasteiger charge is 2.13. The summed E-state index contributed by atoms with van der Waals surface area (Å²) in [5.41, 5.74) is 1.51. The van der Waals surface area contributed by atoms with Crippen molar-refractivity contribution in [3.05, 3.63) is 65.5 Å². The third kappa shape index (κ3) is 6.73. The van der Waals surface area contributed by atoms with Crippen LogP contribution in [-0.4, -0.2) is 36.9 Å². The molecule has 2 aromatic carbocycles. The molecule has 0 radical (unpaired) electrons. The predicted molar refractivity (Wildman–Crippen MR) is 102 cm³/mol. The van der Waals surface area contributed by atoms with Crippen molar-refractivity contribution in [2.75, 3.05) is 20.2 Å². The summed E-state index contributed by atoms with van der Waals surface area (Å²) in [6.45, 7) is 2.31. The monoisotopic (exact) mass is 372 g/mol. The van der Waals surface area contributed by atoms with Gasteiger partial charge >= 0.3 is 0 Å². The van der Waals surface area contributed by atoms with E-state index >= 15 is 0 Å². The highest BCUT2D eigenvalue weighted by molar-refractivity contribution is 5.78. The fourth-order valence-corrected chi connectivity index (χ4v) is 2.68. The molecule has 0 saturated heterocycles. The third-order valence-electron chi connectivity index (χ3n) is 4.24. The summed E-state index contributed by atoms with van der Waals surface area (Å²) in [6, 6.07) is 14.0. The third-order valence-corrected chi connectivity index (χ3v) is 4.24. The summed E-state index contributed by atoms with van der Waals surface area (Å²) in [7, 11) is 1.61. The maximum atomic E-state index is 13.8. The van der Waals surface area contributed by atoms with Crippen LogP contribution in [-0.2, 0) is 22.6 Å². The Morgan fingerprint density at radius 1 is 1.15 bits per heavy atom. The molecule has 144 valence electrons. The molecule has 2 aromatic rings. The van der Waals surface area contributed by atoms with Crippen molar-refractivity contribution in [1.82, 2.24) is 10.2 Å². The number of nitrogens with zero attached hydrogens (tertiary/aromatic N) is 1. The summed E-state index contributed by atoms with van der Waals surface area (Å²) in [5, 5.41) is 2.85. The Kier molecular flexibility index (Phi) is 7.79. The van der Waals surface area contributed by atoms with E-state index < -0.39 is 0 Å². The molecule has 5 nitrogen and oxygen atoms in total. The van der Waals surface area contributed by atoms with Gasteiger partial charge in [-0.2, -0.15) is 0 Å². The SMILES string of the molecule is COc1cccc(CCNC(=O)CCN(Cc2ccccc2F)C(C)=O)c1. The van der Waals surface area contributed by atoms with Gasteiger partial charge in [0.15, 0.2) is 0 Å². The largest absolute Gasteiger partial charge is 0.497 e. The molecule has 27 heavy (non-hydrogen) atoms. The van der Waals surface area contributed by atoms with Crippen molar-refractivity contribution < 1.29 is 18.7 Å². The second-order valence-corrected chi connectivity index (χ2v) is 6.23. The molecule has 2 rings (SSSR count). The molecule has 0 saturated carbocycles. The average molecular weight is 372 g/mol. The number of carbonyl (C=O) groups is 2. The van der Waals surface area contributed by atoms with E-state index in [0.29, 0.717) is 18.5 Å². The molecule has 0 aliphatic carbocycles. The zero-order chi connectivity index (χ0) is 19.6. The summed E-state index contributed by atoms with van der Waals surface area (Å²) < 4.78 is 18.9. The van der Waals surface area contributed by atoms with Gasteiger partial charge < -0.3 is 15.0 Å². The Hall–Kier alpha value is -2.89. The van der Waals surface area contributed by atoms with Gasteiger partial charge in [-0.15, -0.1) is 0 Å². The van der Waals surface area contributed by atoms with E-state index in [2.05, 4.69) is 5.32 Å². The topological polar surface area (TPSA) is 58.6 Å². The minimum Gasteiger partial charge on any atom is -0.497 e. The maximum Gasteiger partial charge on any atom is 0.221 e. The molecule has 0 atom stereocenters. The van der Waals surface area contributed by atoms with Gasteiger partial charge in [0.2, 0.25) is 11.8 Å². The first-order valence-corrected chi connectivity index (χ1v) is 8.88. The molecule has 0 unspecified atom stereocenters. The smallest absolute Gasteiger partial charge is 0.221 e. The van der Waals surface area contributed by atoms with Gasteiger partial charge in [-0.05, 0) is 30.2 Å². The lowest BCUT2D eigenvalue weighted by Gasteiger charge is -2.21. The van der Waals surface area contributed by atoms with Gasteiger partial charge in [0.05, 0.1) is 7.11 Å². The fourth-order valence-electron chi connectivity index (χ4n) is 2.68. The molecule has 1 N–H and O–H groups in total. The molecule has 6 heteroatoms. The number of hydrogen-bond acceptors (Lipinski definition) is 3. The first kappa shape index (κ1) is 20.4. The molecular weight excluding hydrogens is 347 g/mol. The van der Waals surface area contributed by atoms with Crippen molar-refractivity contribution in [2.24, 2.45) is 0 Å². The number of hydrogen-bond donors (Lipinski definition) is 1. The highest BCUT2D eigenvalue weighted by atomic mass is 19.1. The van der Waals surface area contributed by atoms with E-state index in [9.17, 15) is 14.0 Å². The first-order chi connectivity index (χ1) is 13.0. The van der Waals surface area contributed by atoms with Crippen LogP contribution >= 0.6 is 0 Å². The van der Waals surface area contributed by atoms with Crippen molar-refractivity contribution >= 4 is 11.8 Å². The zero-order valence-corrected chi connectivity index (χ0v) is 15.7. The number of amides is 2. The number of benzene rings is 2. The Balaban J connectivity index is 1.78. The quantitative estimate of drug-likeness (QED) is 0.736. The van der Waals surface area contributed by atoms with E-state index in [0.717, 1.165) is 11.3 Å². The van der Waals surface area contributed by atoms with Crippen molar-refractivity contribution in [3.63, 3.8) is 0 Å². The van der Waals surface area contributed by atoms with Crippen LogP contribution in [0.15, 0.2) is 48.5 Å². The summed E-state index contributed by atoms with van der Waals surface area (Å²) in [5.74, 6) is 0.0932. The van der Waals surface area contributed by atoms with Crippen LogP contribution in [0.2, 0.25) is 0 Å². The van der Waals surface area contributed by atoms with E-state index in [1.165, 1.54) is 17.9 Å². The van der Waals surface area contributed by atoms with Gasteiger partial charge in [-0.25, -0.2) is 4.39 Å². The van der Waals surface area contributed by atoms with E-state index in [1.807, 2.05) is 24.3 Å². The fraction of sp³-hybridized carbons (Fsp3) is 0.333. The van der Waals surface area contributed by atoms with Gasteiger partial charge in [-0.1, -0.05) is 30.3 Å². The maximum absolute atomic E-state index is 13.8. The number of methoxy groups -OCH3 is 1. The molecule has 0 aromatic heterocycles. The standard InChI is InChI=1S/C21H25FN2O3/c1-16(25)24(15-18-7-3-4-9-20(18)22)13-11-21(26)23-12-10-17-6-5-8-19(14-17)27-2/h3-9,14H,10-13,15H2,1-2H3,(H,23,26). The number of ether oxygens (including phenoxy) is 1. The first-order valence-electron chi connectivity index (χ1n) is 8.88. The summed E-state index contributed by atoms with van der Waals surface area (Å²) >= 11 is 0. The molecular formula is C21H25FN2O3. The molecule has 0 aliphatic rings. The van der Waals surface area contributed by atoms with E-state index in [1.54, 1.807) is 25.3 Å². The second kappa shape index (κ2) is 10.3. The number of rotatable bonds is 9. The van der Waals surface area contributed by atoms with Gasteiger partial charge in [0.1, 0.15) is 11.6 Å². The van der Waals surface area contributed by atoms with Gasteiger partial charge in [0, 0.05) is 38.5 Å². The second-order valence-electron chi connectivity index (χ2n) is 6.23. The van der Waals surface area contributed by atoms with Crippen molar-refractivity contribution in [1.29, 1.82) is 0 Å². The van der Waals surface area contributed by atoms with E-state index in [-0.39, 0.29) is 37.1 Å². The molecule has 2 amide bonds. The number of nitrogens with one attached hydrogen (secondary N) is 1. The van der Waals surface area contributed by atoms with Crippen LogP contribution in [0.25, 0.3) is 0 Å². The van der Waals surface area contributed by atoms with Crippen LogP contribution in [0.1, 0.15) is 24.5 Å². The van der Waals surface area contributed by atoms with Crippen molar-refractivity contribution in [3.8, 4) is 5.75 Å². The van der Waals surface area contributed by atoms with E-state index in [4.69, 9.17) is 4.74 Å². The molecule has 0 fully saturated rings. The molecule has 0 aliphatic heterocycles. The van der Waals surface area contributed by atoms with Crippen LogP contribution in [0, 0.1) is 5.82 Å². The molecule has 0 heterocycles. The summed E-state index contributed by atoms with van der Waals surface area (Å²) in [6.07, 6.45) is 0.862. The van der Waals surface area contributed by atoms with Gasteiger partial charge in [-0.3, -0.25) is 9.59 Å². The minimum absolute atomic E-state index is 0.141. The lowest BCUT2D eigenvalue weighted by Crippen LogP contribution is -2.34. The van der Waals surface area contributed by atoms with Crippen molar-refractivity contribution in [2.45, 2.75) is 26.3 Å². The predicted octanol–water partition coefficient (Wildman–Crippen LogP) is 2.93. The minimum atomic E-state index is -0.355. The zero-order valence-electron chi connectivity index (χ0n) is 15.7. The summed E-state index contributed by atoms with van der Waals surface area (Å²) in [4.78, 5) is 25.3. The lowest BCUT2D eigenvalue weighted by atomic mass is 10.1. The van der Waals surface area contributed by atoms with Crippen LogP contribution in [0.4, 0.5) is 4.39 Å². The van der Waals surface area contributed by atoms with Gasteiger partial charge in [0.25, 0.3) is 0 Å². The Bertz CT molecular complexity index is 780. The van der Waals surface area contributed by atoms with Crippen LogP contribution in [0.5, 0.6) is 5.75 Å².